The minimum atomic E-state index is -1.000. The molecule has 0 aromatic heterocycles. The second-order valence-electron chi connectivity index (χ2n) is 8.90. The van der Waals surface area contributed by atoms with Crippen LogP contribution in [0.25, 0.3) is 22.3 Å². The van der Waals surface area contributed by atoms with Crippen molar-refractivity contribution in [2.45, 2.75) is 45.6 Å². The third kappa shape index (κ3) is 5.79. The van der Waals surface area contributed by atoms with Gasteiger partial charge in [0.2, 0.25) is 5.82 Å². The Morgan fingerprint density at radius 3 is 2.31 bits per heavy atom. The number of halogens is 3. The van der Waals surface area contributed by atoms with E-state index >= 15 is 4.39 Å². The largest absolute Gasteiger partial charge is 0.491 e. The van der Waals surface area contributed by atoms with Crippen molar-refractivity contribution in [1.29, 1.82) is 0 Å². The van der Waals surface area contributed by atoms with Crippen molar-refractivity contribution in [3.8, 4) is 28.0 Å². The first-order chi connectivity index (χ1) is 17.0. The van der Waals surface area contributed by atoms with Crippen molar-refractivity contribution < 1.29 is 22.6 Å². The molecule has 0 aliphatic carbocycles. The number of hydrogen-bond donors (Lipinski definition) is 0. The summed E-state index contributed by atoms with van der Waals surface area (Å²) >= 11 is 0. The van der Waals surface area contributed by atoms with E-state index in [4.69, 9.17) is 9.47 Å². The van der Waals surface area contributed by atoms with Gasteiger partial charge in [0.15, 0.2) is 11.6 Å². The summed E-state index contributed by atoms with van der Waals surface area (Å²) in [4.78, 5) is 0. The summed E-state index contributed by atoms with van der Waals surface area (Å²) in [6, 6.07) is 15.1. The Morgan fingerprint density at radius 2 is 1.66 bits per heavy atom. The predicted molar refractivity (Wildman–Crippen MR) is 134 cm³/mol. The normalized spacial score (nSPS) is 18.2. The van der Waals surface area contributed by atoms with Crippen LogP contribution in [0.1, 0.15) is 51.2 Å². The highest BCUT2D eigenvalue weighted by atomic mass is 19.2. The van der Waals surface area contributed by atoms with Crippen LogP contribution in [0, 0.1) is 23.4 Å². The number of rotatable bonds is 8. The summed E-state index contributed by atoms with van der Waals surface area (Å²) < 4.78 is 54.9. The van der Waals surface area contributed by atoms with Gasteiger partial charge in [0.05, 0.1) is 19.3 Å². The zero-order valence-electron chi connectivity index (χ0n) is 20.2. The average Bonchev–Trinajstić information content (AvgIpc) is 2.88. The number of ether oxygens (including phenoxy) is 2. The van der Waals surface area contributed by atoms with Gasteiger partial charge in [-0.15, -0.1) is 0 Å². The van der Waals surface area contributed by atoms with Crippen molar-refractivity contribution in [3.63, 3.8) is 0 Å². The van der Waals surface area contributed by atoms with Gasteiger partial charge in [-0.3, -0.25) is 0 Å². The summed E-state index contributed by atoms with van der Waals surface area (Å²) in [6.07, 6.45) is 8.02. The molecule has 2 atom stereocenters. The standard InChI is InChI=1S/C30H31F3O2/c1-3-5-6-7-20-8-16-27(35-19-20)25-14-13-23(18-26(25)31)21-9-11-22(12-10-21)24-15-17-28(34-4-2)30(33)29(24)32/h3,5,9-15,17-18,20,27H,4,6-8,16,19H2,1-2H3/b5-3+. The Kier molecular flexibility index (Phi) is 8.29. The highest BCUT2D eigenvalue weighted by molar-refractivity contribution is 5.71. The highest BCUT2D eigenvalue weighted by Gasteiger charge is 2.25. The maximum absolute atomic E-state index is 15.0. The summed E-state index contributed by atoms with van der Waals surface area (Å²) in [5.74, 6) is -1.82. The zero-order chi connectivity index (χ0) is 24.8. The van der Waals surface area contributed by atoms with E-state index in [2.05, 4.69) is 12.2 Å². The minimum Gasteiger partial charge on any atom is -0.491 e. The SMILES string of the molecule is C/C=C/CCC1CCC(c2ccc(-c3ccc(-c4ccc(OCC)c(F)c4F)cc3)cc2F)OC1. The second kappa shape index (κ2) is 11.6. The third-order valence-corrected chi connectivity index (χ3v) is 6.57. The first kappa shape index (κ1) is 25.1. The van der Waals surface area contributed by atoms with E-state index in [0.29, 0.717) is 23.7 Å². The molecule has 184 valence electrons. The topological polar surface area (TPSA) is 18.5 Å². The molecule has 0 saturated carbocycles. The Balaban J connectivity index is 1.45. The lowest BCUT2D eigenvalue weighted by molar-refractivity contribution is -0.0207. The smallest absolute Gasteiger partial charge is 0.201 e. The molecular weight excluding hydrogens is 449 g/mol. The monoisotopic (exact) mass is 480 g/mol. The lowest BCUT2D eigenvalue weighted by Gasteiger charge is -2.29. The van der Waals surface area contributed by atoms with Crippen LogP contribution in [0.4, 0.5) is 13.2 Å². The minimum absolute atomic E-state index is 0.105. The van der Waals surface area contributed by atoms with Crippen molar-refractivity contribution in [2.75, 3.05) is 13.2 Å². The summed E-state index contributed by atoms with van der Waals surface area (Å²) in [7, 11) is 0. The lowest BCUT2D eigenvalue weighted by atomic mass is 9.90. The van der Waals surface area contributed by atoms with Gasteiger partial charge < -0.3 is 9.47 Å². The molecule has 0 bridgehead atoms. The van der Waals surface area contributed by atoms with Crippen LogP contribution in [0.15, 0.2) is 66.7 Å². The molecule has 4 rings (SSSR count). The van der Waals surface area contributed by atoms with E-state index in [1.165, 1.54) is 18.2 Å². The molecule has 1 heterocycles. The fourth-order valence-electron chi connectivity index (χ4n) is 4.61. The Hall–Kier alpha value is -3.05. The molecule has 3 aromatic rings. The van der Waals surface area contributed by atoms with Crippen LogP contribution < -0.4 is 4.74 Å². The van der Waals surface area contributed by atoms with Gasteiger partial charge in [0.1, 0.15) is 5.82 Å². The van der Waals surface area contributed by atoms with E-state index < -0.39 is 11.6 Å². The third-order valence-electron chi connectivity index (χ3n) is 6.57. The maximum Gasteiger partial charge on any atom is 0.201 e. The molecule has 2 nitrogen and oxygen atoms in total. The fraction of sp³-hybridized carbons (Fsp3) is 0.333. The van der Waals surface area contributed by atoms with E-state index in [0.717, 1.165) is 36.8 Å². The Morgan fingerprint density at radius 1 is 0.914 bits per heavy atom. The van der Waals surface area contributed by atoms with Gasteiger partial charge in [-0.2, -0.15) is 4.39 Å². The molecular formula is C30H31F3O2. The van der Waals surface area contributed by atoms with Crippen LogP contribution >= 0.6 is 0 Å². The summed E-state index contributed by atoms with van der Waals surface area (Å²) in [5.41, 5.74) is 2.78. The predicted octanol–water partition coefficient (Wildman–Crippen LogP) is 8.66. The maximum atomic E-state index is 15.0. The summed E-state index contributed by atoms with van der Waals surface area (Å²) in [6.45, 7) is 4.65. The molecule has 0 amide bonds. The molecule has 3 aromatic carbocycles. The first-order valence-electron chi connectivity index (χ1n) is 12.3. The zero-order valence-corrected chi connectivity index (χ0v) is 20.2. The van der Waals surface area contributed by atoms with Crippen molar-refractivity contribution >= 4 is 0 Å². The second-order valence-corrected chi connectivity index (χ2v) is 8.90. The van der Waals surface area contributed by atoms with Gasteiger partial charge in [0, 0.05) is 11.1 Å². The van der Waals surface area contributed by atoms with E-state index in [-0.39, 0.29) is 29.8 Å². The quantitative estimate of drug-likeness (QED) is 0.300. The van der Waals surface area contributed by atoms with Gasteiger partial charge in [-0.25, -0.2) is 8.78 Å². The molecule has 0 radical (unpaired) electrons. The van der Waals surface area contributed by atoms with Crippen molar-refractivity contribution in [3.05, 3.63) is 89.8 Å². The van der Waals surface area contributed by atoms with Gasteiger partial charge in [-0.1, -0.05) is 48.6 Å². The van der Waals surface area contributed by atoms with Crippen LogP contribution in [0.2, 0.25) is 0 Å². The molecule has 1 aliphatic rings. The van der Waals surface area contributed by atoms with Crippen LogP contribution in [-0.2, 0) is 4.74 Å². The van der Waals surface area contributed by atoms with Crippen molar-refractivity contribution in [1.82, 2.24) is 0 Å². The van der Waals surface area contributed by atoms with E-state index in [1.807, 2.05) is 13.0 Å². The fourth-order valence-corrected chi connectivity index (χ4v) is 4.61. The van der Waals surface area contributed by atoms with Gasteiger partial charge in [-0.05, 0) is 80.3 Å². The molecule has 1 aliphatic heterocycles. The molecule has 2 unspecified atom stereocenters. The van der Waals surface area contributed by atoms with Gasteiger partial charge in [0.25, 0.3) is 0 Å². The number of allylic oxidation sites excluding steroid dienone is 2. The molecule has 0 spiro atoms. The molecule has 35 heavy (non-hydrogen) atoms. The highest BCUT2D eigenvalue weighted by Crippen LogP contribution is 2.36. The molecule has 1 saturated heterocycles. The number of benzene rings is 3. The van der Waals surface area contributed by atoms with Crippen LogP contribution in [-0.4, -0.2) is 13.2 Å². The van der Waals surface area contributed by atoms with E-state index in [9.17, 15) is 8.78 Å². The average molecular weight is 481 g/mol. The number of hydrogen-bond acceptors (Lipinski definition) is 2. The Bertz CT molecular complexity index is 1160. The Labute approximate surface area is 205 Å². The van der Waals surface area contributed by atoms with Gasteiger partial charge >= 0.3 is 0 Å². The first-order valence-corrected chi connectivity index (χ1v) is 12.3. The van der Waals surface area contributed by atoms with Crippen LogP contribution in [0.5, 0.6) is 5.75 Å². The van der Waals surface area contributed by atoms with Crippen molar-refractivity contribution in [2.24, 2.45) is 5.92 Å². The van der Waals surface area contributed by atoms with Crippen LogP contribution in [0.3, 0.4) is 0 Å². The lowest BCUT2D eigenvalue weighted by Crippen LogP contribution is -2.21. The van der Waals surface area contributed by atoms with E-state index in [1.54, 1.807) is 37.3 Å². The molecule has 0 N–H and O–H groups in total. The molecule has 5 heteroatoms. The molecule has 1 fully saturated rings. The summed E-state index contributed by atoms with van der Waals surface area (Å²) in [5, 5.41) is 0.